The first kappa shape index (κ1) is 12.3. The summed E-state index contributed by atoms with van der Waals surface area (Å²) in [6.07, 6.45) is 4.60. The van der Waals surface area contributed by atoms with Crippen molar-refractivity contribution in [1.82, 2.24) is 5.32 Å². The Morgan fingerprint density at radius 1 is 1.44 bits per heavy atom. The lowest BCUT2D eigenvalue weighted by molar-refractivity contribution is 0.173. The Morgan fingerprint density at radius 2 is 2.06 bits per heavy atom. The average Bonchev–Trinajstić information content (AvgIpc) is 2.35. The van der Waals surface area contributed by atoms with Gasteiger partial charge in [0.05, 0.1) is 23.8 Å². The highest BCUT2D eigenvalue weighted by molar-refractivity contribution is 5.32. The van der Waals surface area contributed by atoms with Crippen LogP contribution in [0.1, 0.15) is 24.2 Å². The van der Waals surface area contributed by atoms with Crippen LogP contribution in [-0.2, 0) is 0 Å². The molecule has 0 saturated heterocycles. The Morgan fingerprint density at radius 3 is 2.56 bits per heavy atom. The average molecular weight is 214 g/mol. The Bertz CT molecular complexity index is 411. The van der Waals surface area contributed by atoms with Crippen LogP contribution >= 0.6 is 0 Å². The van der Waals surface area contributed by atoms with Crippen molar-refractivity contribution in [3.8, 4) is 18.4 Å². The first-order valence-electron chi connectivity index (χ1n) is 5.05. The molecule has 0 aromatic heterocycles. The molecule has 1 aromatic carbocycles. The van der Waals surface area contributed by atoms with Gasteiger partial charge in [0.1, 0.15) is 0 Å². The molecule has 0 spiro atoms. The molecule has 16 heavy (non-hydrogen) atoms. The standard InChI is InChI=1S/C13H14N2O/c1-3-10(2)15-9-13(16)12-6-4-11(8-14)5-7-12/h1,4-7,10,13,15-16H,9H2,2H3. The zero-order valence-electron chi connectivity index (χ0n) is 9.14. The Hall–Kier alpha value is -1.81. The third kappa shape index (κ3) is 3.40. The van der Waals surface area contributed by atoms with E-state index >= 15 is 0 Å². The van der Waals surface area contributed by atoms with E-state index in [4.69, 9.17) is 11.7 Å². The summed E-state index contributed by atoms with van der Waals surface area (Å²) in [6.45, 7) is 2.25. The fourth-order valence-corrected chi connectivity index (χ4v) is 1.24. The van der Waals surface area contributed by atoms with Gasteiger partial charge >= 0.3 is 0 Å². The second kappa shape index (κ2) is 5.92. The van der Waals surface area contributed by atoms with Crippen LogP contribution in [0, 0.1) is 23.7 Å². The molecule has 2 N–H and O–H groups in total. The number of hydrogen-bond donors (Lipinski definition) is 2. The number of nitrogens with zero attached hydrogens (tertiary/aromatic N) is 1. The van der Waals surface area contributed by atoms with E-state index in [9.17, 15) is 5.11 Å². The van der Waals surface area contributed by atoms with E-state index in [0.29, 0.717) is 12.1 Å². The van der Waals surface area contributed by atoms with Crippen molar-refractivity contribution in [2.75, 3.05) is 6.54 Å². The predicted molar refractivity (Wildman–Crippen MR) is 62.4 cm³/mol. The summed E-state index contributed by atoms with van der Waals surface area (Å²) in [5.74, 6) is 2.52. The molecule has 1 aromatic rings. The van der Waals surface area contributed by atoms with Crippen molar-refractivity contribution in [2.45, 2.75) is 19.1 Å². The number of aliphatic hydroxyl groups excluding tert-OH is 1. The van der Waals surface area contributed by atoms with Gasteiger partial charge in [0.2, 0.25) is 0 Å². The smallest absolute Gasteiger partial charge is 0.0991 e. The van der Waals surface area contributed by atoms with Crippen LogP contribution in [0.25, 0.3) is 0 Å². The Balaban J connectivity index is 2.57. The molecule has 1 rings (SSSR count). The lowest BCUT2D eigenvalue weighted by atomic mass is 10.1. The minimum absolute atomic E-state index is 0.0620. The first-order chi connectivity index (χ1) is 7.67. The molecule has 2 atom stereocenters. The quantitative estimate of drug-likeness (QED) is 0.740. The molecule has 0 aliphatic rings. The molecule has 2 unspecified atom stereocenters. The van der Waals surface area contributed by atoms with Crippen LogP contribution in [0.15, 0.2) is 24.3 Å². The van der Waals surface area contributed by atoms with E-state index in [0.717, 1.165) is 5.56 Å². The van der Waals surface area contributed by atoms with Gasteiger partial charge in [0.25, 0.3) is 0 Å². The van der Waals surface area contributed by atoms with Gasteiger partial charge in [-0.05, 0) is 24.6 Å². The SMILES string of the molecule is C#CC(C)NCC(O)c1ccc(C#N)cc1. The van der Waals surface area contributed by atoms with E-state index in [2.05, 4.69) is 11.2 Å². The van der Waals surface area contributed by atoms with E-state index in [1.165, 1.54) is 0 Å². The summed E-state index contributed by atoms with van der Waals surface area (Å²) < 4.78 is 0. The van der Waals surface area contributed by atoms with Gasteiger partial charge in [-0.15, -0.1) is 6.42 Å². The van der Waals surface area contributed by atoms with E-state index in [1.807, 2.05) is 13.0 Å². The van der Waals surface area contributed by atoms with E-state index < -0.39 is 6.10 Å². The molecule has 0 fully saturated rings. The minimum Gasteiger partial charge on any atom is -0.387 e. The van der Waals surface area contributed by atoms with Crippen molar-refractivity contribution < 1.29 is 5.11 Å². The zero-order chi connectivity index (χ0) is 12.0. The van der Waals surface area contributed by atoms with Gasteiger partial charge in [0.15, 0.2) is 0 Å². The predicted octanol–water partition coefficient (Wildman–Crippen LogP) is 1.20. The molecule has 0 radical (unpaired) electrons. The summed E-state index contributed by atoms with van der Waals surface area (Å²) in [4.78, 5) is 0. The van der Waals surface area contributed by atoms with Crippen molar-refractivity contribution in [3.63, 3.8) is 0 Å². The molecule has 82 valence electrons. The lowest BCUT2D eigenvalue weighted by Gasteiger charge is -2.13. The normalized spacial score (nSPS) is 13.5. The summed E-state index contributed by atoms with van der Waals surface area (Å²) >= 11 is 0. The fourth-order valence-electron chi connectivity index (χ4n) is 1.24. The second-order valence-corrected chi connectivity index (χ2v) is 3.55. The lowest BCUT2D eigenvalue weighted by Crippen LogP contribution is -2.29. The van der Waals surface area contributed by atoms with Crippen LogP contribution < -0.4 is 5.32 Å². The maximum absolute atomic E-state index is 9.81. The summed E-state index contributed by atoms with van der Waals surface area (Å²) in [5, 5.41) is 21.5. The zero-order valence-corrected chi connectivity index (χ0v) is 9.14. The van der Waals surface area contributed by atoms with Crippen LogP contribution in [0.3, 0.4) is 0 Å². The maximum Gasteiger partial charge on any atom is 0.0991 e. The fraction of sp³-hybridized carbons (Fsp3) is 0.308. The van der Waals surface area contributed by atoms with Crippen molar-refractivity contribution in [2.24, 2.45) is 0 Å². The van der Waals surface area contributed by atoms with Gasteiger partial charge in [-0.2, -0.15) is 5.26 Å². The van der Waals surface area contributed by atoms with Gasteiger partial charge in [-0.25, -0.2) is 0 Å². The summed E-state index contributed by atoms with van der Waals surface area (Å²) in [7, 11) is 0. The first-order valence-corrected chi connectivity index (χ1v) is 5.05. The van der Waals surface area contributed by atoms with Crippen LogP contribution in [-0.4, -0.2) is 17.7 Å². The Kier molecular flexibility index (Phi) is 4.54. The Labute approximate surface area is 95.7 Å². The maximum atomic E-state index is 9.81. The molecule has 0 amide bonds. The van der Waals surface area contributed by atoms with E-state index in [-0.39, 0.29) is 6.04 Å². The van der Waals surface area contributed by atoms with E-state index in [1.54, 1.807) is 24.3 Å². The molecule has 0 bridgehead atoms. The molecule has 3 heteroatoms. The minimum atomic E-state index is -0.608. The molecular formula is C13H14N2O. The molecule has 0 saturated carbocycles. The molecular weight excluding hydrogens is 200 g/mol. The topological polar surface area (TPSA) is 56.0 Å². The number of aliphatic hydroxyl groups is 1. The number of terminal acetylenes is 1. The van der Waals surface area contributed by atoms with Gasteiger partial charge in [0, 0.05) is 6.54 Å². The van der Waals surface area contributed by atoms with Crippen molar-refractivity contribution in [3.05, 3.63) is 35.4 Å². The molecule has 0 aliphatic carbocycles. The summed E-state index contributed by atoms with van der Waals surface area (Å²) in [5.41, 5.74) is 1.36. The second-order valence-electron chi connectivity index (χ2n) is 3.55. The number of rotatable bonds is 4. The van der Waals surface area contributed by atoms with Crippen LogP contribution in [0.5, 0.6) is 0 Å². The highest BCUT2D eigenvalue weighted by Crippen LogP contribution is 2.12. The molecule has 0 aliphatic heterocycles. The molecule has 3 nitrogen and oxygen atoms in total. The van der Waals surface area contributed by atoms with Crippen molar-refractivity contribution >= 4 is 0 Å². The summed E-state index contributed by atoms with van der Waals surface area (Å²) in [6, 6.07) is 8.82. The van der Waals surface area contributed by atoms with Gasteiger partial charge < -0.3 is 10.4 Å². The molecule has 0 heterocycles. The number of nitrogens with one attached hydrogen (secondary N) is 1. The third-order valence-electron chi connectivity index (χ3n) is 2.29. The largest absolute Gasteiger partial charge is 0.387 e. The van der Waals surface area contributed by atoms with Gasteiger partial charge in [-0.3, -0.25) is 0 Å². The monoisotopic (exact) mass is 214 g/mol. The highest BCUT2D eigenvalue weighted by Gasteiger charge is 2.07. The highest BCUT2D eigenvalue weighted by atomic mass is 16.3. The third-order valence-corrected chi connectivity index (χ3v) is 2.29. The number of hydrogen-bond acceptors (Lipinski definition) is 3. The number of benzene rings is 1. The number of nitriles is 1. The van der Waals surface area contributed by atoms with Crippen LogP contribution in [0.4, 0.5) is 0 Å². The van der Waals surface area contributed by atoms with Crippen LogP contribution in [0.2, 0.25) is 0 Å². The van der Waals surface area contributed by atoms with Gasteiger partial charge in [-0.1, -0.05) is 18.1 Å². The van der Waals surface area contributed by atoms with Crippen molar-refractivity contribution in [1.29, 1.82) is 5.26 Å².